The Bertz CT molecular complexity index is 1150. The van der Waals surface area contributed by atoms with Crippen LogP contribution in [0.3, 0.4) is 0 Å². The average molecular weight is 467 g/mol. The number of hydrogen-bond acceptors (Lipinski definition) is 6. The van der Waals surface area contributed by atoms with Gasteiger partial charge < -0.3 is 9.64 Å². The van der Waals surface area contributed by atoms with E-state index in [0.717, 1.165) is 12.8 Å². The van der Waals surface area contributed by atoms with Crippen LogP contribution in [-0.2, 0) is 12.6 Å². The molecule has 2 aliphatic rings. The lowest BCUT2D eigenvalue weighted by atomic mass is 9.94. The zero-order valence-electron chi connectivity index (χ0n) is 17.4. The minimum absolute atomic E-state index is 0.120. The Morgan fingerprint density at radius 2 is 2.03 bits per heavy atom. The lowest BCUT2D eigenvalue weighted by Gasteiger charge is -2.20. The van der Waals surface area contributed by atoms with E-state index < -0.39 is 11.7 Å². The quantitative estimate of drug-likeness (QED) is 0.531. The van der Waals surface area contributed by atoms with Crippen molar-refractivity contribution in [2.45, 2.75) is 44.7 Å². The van der Waals surface area contributed by atoms with Gasteiger partial charge in [-0.15, -0.1) is 10.2 Å². The number of pyridine rings is 1. The van der Waals surface area contributed by atoms with E-state index in [0.29, 0.717) is 55.3 Å². The Hall–Kier alpha value is -2.62. The first-order chi connectivity index (χ1) is 15.3. The van der Waals surface area contributed by atoms with Gasteiger partial charge in [-0.1, -0.05) is 11.6 Å². The predicted octanol–water partition coefficient (Wildman–Crippen LogP) is 4.54. The zero-order chi connectivity index (χ0) is 22.5. The lowest BCUT2D eigenvalue weighted by Crippen LogP contribution is -2.23. The van der Waals surface area contributed by atoms with Crippen LogP contribution in [0.25, 0.3) is 5.65 Å². The number of fused-ring (bicyclic) bond motifs is 1. The van der Waals surface area contributed by atoms with Gasteiger partial charge in [0.05, 0.1) is 12.8 Å². The first kappa shape index (κ1) is 21.2. The van der Waals surface area contributed by atoms with Crippen molar-refractivity contribution in [3.05, 3.63) is 40.4 Å². The van der Waals surface area contributed by atoms with Crippen molar-refractivity contribution < 1.29 is 17.9 Å². The van der Waals surface area contributed by atoms with Crippen LogP contribution in [-0.4, -0.2) is 44.3 Å². The van der Waals surface area contributed by atoms with Crippen LogP contribution in [0.5, 0.6) is 5.88 Å². The van der Waals surface area contributed by atoms with Crippen molar-refractivity contribution in [2.75, 3.05) is 24.6 Å². The number of alkyl halides is 3. The maximum atomic E-state index is 14.2. The third kappa shape index (κ3) is 3.96. The van der Waals surface area contributed by atoms with Crippen molar-refractivity contribution in [2.24, 2.45) is 5.92 Å². The molecule has 0 radical (unpaired) electrons. The first-order valence-corrected chi connectivity index (χ1v) is 11.1. The smallest absolute Gasteiger partial charge is 0.420 e. The van der Waals surface area contributed by atoms with Crippen molar-refractivity contribution in [3.8, 4) is 5.88 Å². The van der Waals surface area contributed by atoms with Gasteiger partial charge in [-0.3, -0.25) is 4.40 Å². The molecule has 1 atom stereocenters. The second kappa shape index (κ2) is 8.06. The molecule has 4 heterocycles. The monoisotopic (exact) mass is 466 g/mol. The van der Waals surface area contributed by atoms with E-state index in [1.807, 2.05) is 11.8 Å². The van der Waals surface area contributed by atoms with Crippen LogP contribution >= 0.6 is 11.6 Å². The largest absolute Gasteiger partial charge is 0.477 e. The van der Waals surface area contributed by atoms with E-state index in [9.17, 15) is 13.2 Å². The van der Waals surface area contributed by atoms with Gasteiger partial charge in [0, 0.05) is 31.6 Å². The Labute approximate surface area is 187 Å². The minimum Gasteiger partial charge on any atom is -0.477 e. The van der Waals surface area contributed by atoms with Gasteiger partial charge in [0.2, 0.25) is 11.8 Å². The summed E-state index contributed by atoms with van der Waals surface area (Å²) in [4.78, 5) is 10.4. The number of aromatic nitrogens is 5. The SMILES string of the molecule is CCOc1nc(N2CCC(c3ccn4c(CC5CC5)nnc4c3C(F)(F)F)C2)ncc1Cl. The second-order valence-electron chi connectivity index (χ2n) is 8.29. The average Bonchev–Trinajstić information content (AvgIpc) is 3.27. The van der Waals surface area contributed by atoms with Gasteiger partial charge >= 0.3 is 6.18 Å². The molecule has 1 aliphatic carbocycles. The highest BCUT2D eigenvalue weighted by molar-refractivity contribution is 6.31. The summed E-state index contributed by atoms with van der Waals surface area (Å²) in [7, 11) is 0. The van der Waals surface area contributed by atoms with E-state index in [4.69, 9.17) is 16.3 Å². The maximum absolute atomic E-state index is 14.2. The van der Waals surface area contributed by atoms with Crippen LogP contribution in [0, 0.1) is 5.92 Å². The Balaban J connectivity index is 1.46. The van der Waals surface area contributed by atoms with Gasteiger partial charge in [0.1, 0.15) is 16.4 Å². The van der Waals surface area contributed by atoms with E-state index in [-0.39, 0.29) is 23.0 Å². The number of nitrogens with zero attached hydrogens (tertiary/aromatic N) is 6. The summed E-state index contributed by atoms with van der Waals surface area (Å²) < 4.78 is 49.4. The fourth-order valence-corrected chi connectivity index (χ4v) is 4.44. The minimum atomic E-state index is -4.53. The Kier molecular flexibility index (Phi) is 5.35. The third-order valence-electron chi connectivity index (χ3n) is 6.02. The molecule has 1 saturated carbocycles. The summed E-state index contributed by atoms with van der Waals surface area (Å²) in [6.07, 6.45) is 1.97. The van der Waals surface area contributed by atoms with Crippen LogP contribution in [0.4, 0.5) is 19.1 Å². The van der Waals surface area contributed by atoms with Gasteiger partial charge in [0.25, 0.3) is 0 Å². The molecule has 7 nitrogen and oxygen atoms in total. The van der Waals surface area contributed by atoms with Gasteiger partial charge in [-0.05, 0) is 43.7 Å². The summed E-state index contributed by atoms with van der Waals surface area (Å²) in [6, 6.07) is 1.57. The van der Waals surface area contributed by atoms with E-state index in [1.165, 1.54) is 10.6 Å². The molecule has 0 bridgehead atoms. The molecule has 3 aromatic rings. The second-order valence-corrected chi connectivity index (χ2v) is 8.70. The topological polar surface area (TPSA) is 68.4 Å². The van der Waals surface area contributed by atoms with Crippen molar-refractivity contribution >= 4 is 23.2 Å². The summed E-state index contributed by atoms with van der Waals surface area (Å²) >= 11 is 6.06. The van der Waals surface area contributed by atoms with Crippen LogP contribution < -0.4 is 9.64 Å². The highest BCUT2D eigenvalue weighted by Crippen LogP contribution is 2.41. The molecular weight excluding hydrogens is 445 g/mol. The van der Waals surface area contributed by atoms with Crippen molar-refractivity contribution in [1.29, 1.82) is 0 Å². The Morgan fingerprint density at radius 1 is 1.22 bits per heavy atom. The standard InChI is InChI=1S/C21H22ClF3N6O/c1-2-32-19-15(22)10-26-20(27-19)30-7-5-13(11-30)14-6-8-31-16(9-12-3-4-12)28-29-18(31)17(14)21(23,24)25/h6,8,10,12-13H,2-5,7,9,11H2,1H3. The summed E-state index contributed by atoms with van der Waals surface area (Å²) in [5.41, 5.74) is -0.587. The molecule has 32 heavy (non-hydrogen) atoms. The number of halogens is 4. The van der Waals surface area contributed by atoms with E-state index in [1.54, 1.807) is 12.3 Å². The molecule has 5 rings (SSSR count). The number of anilines is 1. The molecule has 0 amide bonds. The summed E-state index contributed by atoms with van der Waals surface area (Å²) in [6.45, 7) is 3.10. The molecule has 1 unspecified atom stereocenters. The number of hydrogen-bond donors (Lipinski definition) is 0. The first-order valence-electron chi connectivity index (χ1n) is 10.7. The van der Waals surface area contributed by atoms with Crippen LogP contribution in [0.15, 0.2) is 18.5 Å². The zero-order valence-corrected chi connectivity index (χ0v) is 18.2. The highest BCUT2D eigenvalue weighted by Gasteiger charge is 2.41. The van der Waals surface area contributed by atoms with Gasteiger partial charge in [-0.25, -0.2) is 4.98 Å². The van der Waals surface area contributed by atoms with Crippen molar-refractivity contribution in [1.82, 2.24) is 24.6 Å². The fourth-order valence-electron chi connectivity index (χ4n) is 4.30. The summed E-state index contributed by atoms with van der Waals surface area (Å²) in [5, 5.41) is 8.31. The maximum Gasteiger partial charge on any atom is 0.420 e. The third-order valence-corrected chi connectivity index (χ3v) is 6.28. The van der Waals surface area contributed by atoms with Gasteiger partial charge in [-0.2, -0.15) is 18.2 Å². The fraction of sp³-hybridized carbons (Fsp3) is 0.524. The molecule has 1 aliphatic heterocycles. The predicted molar refractivity (Wildman–Crippen MR) is 112 cm³/mol. The molecular formula is C21H22ClF3N6O. The molecule has 3 aromatic heterocycles. The lowest BCUT2D eigenvalue weighted by molar-refractivity contribution is -0.137. The number of ether oxygens (including phenoxy) is 1. The molecule has 2 fully saturated rings. The molecule has 170 valence electrons. The van der Waals surface area contributed by atoms with Crippen LogP contribution in [0.1, 0.15) is 49.1 Å². The summed E-state index contributed by atoms with van der Waals surface area (Å²) in [5.74, 6) is 1.41. The molecule has 11 heteroatoms. The molecule has 0 aromatic carbocycles. The Morgan fingerprint density at radius 3 is 2.75 bits per heavy atom. The van der Waals surface area contributed by atoms with Crippen LogP contribution in [0.2, 0.25) is 5.02 Å². The number of rotatable bonds is 6. The van der Waals surface area contributed by atoms with E-state index in [2.05, 4.69) is 20.2 Å². The van der Waals surface area contributed by atoms with Crippen molar-refractivity contribution in [3.63, 3.8) is 0 Å². The normalized spacial score (nSPS) is 19.2. The molecule has 0 spiro atoms. The molecule has 1 saturated heterocycles. The highest BCUT2D eigenvalue weighted by atomic mass is 35.5. The van der Waals surface area contributed by atoms with Gasteiger partial charge in [0.15, 0.2) is 5.65 Å². The molecule has 0 N–H and O–H groups in total. The van der Waals surface area contributed by atoms with E-state index >= 15 is 0 Å².